The third-order valence-corrected chi connectivity index (χ3v) is 4.93. The number of nitrogens with one attached hydrogen (secondary N) is 1. The van der Waals surface area contributed by atoms with E-state index in [4.69, 9.17) is 10.00 Å². The molecule has 1 amide bonds. The SMILES string of the molecule is CCn1c(SCC(=O)Nc2ccccc2C#N)nnc1N1CCOCC1. The first kappa shape index (κ1) is 18.2. The lowest BCUT2D eigenvalue weighted by Crippen LogP contribution is -2.38. The third kappa shape index (κ3) is 4.15. The van der Waals surface area contributed by atoms with Crippen LogP contribution >= 0.6 is 11.8 Å². The molecule has 1 aliphatic heterocycles. The van der Waals surface area contributed by atoms with Gasteiger partial charge in [0, 0.05) is 19.6 Å². The zero-order valence-electron chi connectivity index (χ0n) is 14.5. The predicted octanol–water partition coefficient (Wildman–Crippen LogP) is 1.74. The number of nitriles is 1. The standard InChI is InChI=1S/C17H20N6O2S/c1-2-23-16(22-7-9-25-10-8-22)20-21-17(23)26-12-15(24)19-14-6-4-3-5-13(14)11-18/h3-6H,2,7-10,12H2,1H3,(H,19,24). The van der Waals surface area contributed by atoms with Crippen molar-refractivity contribution in [3.05, 3.63) is 29.8 Å². The number of morpholine rings is 1. The van der Waals surface area contributed by atoms with Crippen molar-refractivity contribution in [3.8, 4) is 6.07 Å². The highest BCUT2D eigenvalue weighted by atomic mass is 32.2. The second-order valence-corrected chi connectivity index (χ2v) is 6.56. The maximum Gasteiger partial charge on any atom is 0.234 e. The van der Waals surface area contributed by atoms with Crippen molar-refractivity contribution in [2.45, 2.75) is 18.6 Å². The van der Waals surface area contributed by atoms with E-state index in [1.165, 1.54) is 11.8 Å². The summed E-state index contributed by atoms with van der Waals surface area (Å²) in [5.74, 6) is 0.825. The van der Waals surface area contributed by atoms with Gasteiger partial charge in [-0.1, -0.05) is 23.9 Å². The van der Waals surface area contributed by atoms with Gasteiger partial charge >= 0.3 is 0 Å². The number of thioether (sulfide) groups is 1. The van der Waals surface area contributed by atoms with E-state index in [0.29, 0.717) is 29.6 Å². The Hall–Kier alpha value is -2.57. The molecule has 1 aromatic carbocycles. The van der Waals surface area contributed by atoms with Gasteiger partial charge in [0.25, 0.3) is 0 Å². The van der Waals surface area contributed by atoms with Crippen molar-refractivity contribution >= 4 is 29.3 Å². The van der Waals surface area contributed by atoms with Gasteiger partial charge < -0.3 is 15.0 Å². The number of para-hydroxylation sites is 1. The number of hydrogen-bond donors (Lipinski definition) is 1. The summed E-state index contributed by atoms with van der Waals surface area (Å²) in [5, 5.41) is 21.1. The molecule has 0 spiro atoms. The second-order valence-electron chi connectivity index (χ2n) is 5.62. The summed E-state index contributed by atoms with van der Waals surface area (Å²) in [4.78, 5) is 14.4. The molecule has 0 aliphatic carbocycles. The highest BCUT2D eigenvalue weighted by Gasteiger charge is 2.20. The number of aromatic nitrogens is 3. The van der Waals surface area contributed by atoms with E-state index < -0.39 is 0 Å². The quantitative estimate of drug-likeness (QED) is 0.772. The molecule has 1 fully saturated rings. The van der Waals surface area contributed by atoms with Gasteiger partial charge in [-0.2, -0.15) is 5.26 Å². The largest absolute Gasteiger partial charge is 0.378 e. The Labute approximate surface area is 156 Å². The van der Waals surface area contributed by atoms with E-state index in [9.17, 15) is 4.79 Å². The first-order chi connectivity index (χ1) is 12.7. The van der Waals surface area contributed by atoms with Crippen LogP contribution in [0.4, 0.5) is 11.6 Å². The van der Waals surface area contributed by atoms with Crippen LogP contribution in [0.3, 0.4) is 0 Å². The van der Waals surface area contributed by atoms with Gasteiger partial charge in [-0.3, -0.25) is 9.36 Å². The summed E-state index contributed by atoms with van der Waals surface area (Å²) in [6.07, 6.45) is 0. The van der Waals surface area contributed by atoms with Gasteiger partial charge in [0.1, 0.15) is 6.07 Å². The number of hydrogen-bond acceptors (Lipinski definition) is 7. The first-order valence-corrected chi connectivity index (χ1v) is 9.39. The normalized spacial score (nSPS) is 14.1. The number of ether oxygens (including phenoxy) is 1. The van der Waals surface area contributed by atoms with Crippen molar-refractivity contribution < 1.29 is 9.53 Å². The summed E-state index contributed by atoms with van der Waals surface area (Å²) in [5.41, 5.74) is 0.962. The summed E-state index contributed by atoms with van der Waals surface area (Å²) in [6, 6.07) is 9.00. The average molecular weight is 372 g/mol. The summed E-state index contributed by atoms with van der Waals surface area (Å²) >= 11 is 1.33. The fourth-order valence-electron chi connectivity index (χ4n) is 2.67. The minimum atomic E-state index is -0.184. The van der Waals surface area contributed by atoms with Crippen molar-refractivity contribution in [1.82, 2.24) is 14.8 Å². The van der Waals surface area contributed by atoms with Gasteiger partial charge in [0.2, 0.25) is 11.9 Å². The summed E-state index contributed by atoms with van der Waals surface area (Å²) in [7, 11) is 0. The molecule has 0 unspecified atom stereocenters. The maximum atomic E-state index is 12.2. The fraction of sp³-hybridized carbons (Fsp3) is 0.412. The first-order valence-electron chi connectivity index (χ1n) is 8.40. The Bertz CT molecular complexity index is 810. The van der Waals surface area contributed by atoms with Crippen LogP contribution in [-0.2, 0) is 16.1 Å². The monoisotopic (exact) mass is 372 g/mol. The molecule has 8 nitrogen and oxygen atoms in total. The van der Waals surface area contributed by atoms with Crippen molar-refractivity contribution in [1.29, 1.82) is 5.26 Å². The van der Waals surface area contributed by atoms with E-state index in [-0.39, 0.29) is 11.7 Å². The molecule has 136 valence electrons. The van der Waals surface area contributed by atoms with Gasteiger partial charge in [0.05, 0.1) is 30.2 Å². The summed E-state index contributed by atoms with van der Waals surface area (Å²) in [6.45, 7) is 5.68. The number of rotatable bonds is 6. The predicted molar refractivity (Wildman–Crippen MR) is 99.2 cm³/mol. The van der Waals surface area contributed by atoms with E-state index in [1.807, 2.05) is 11.5 Å². The smallest absolute Gasteiger partial charge is 0.234 e. The number of anilines is 2. The molecule has 0 saturated carbocycles. The van der Waals surface area contributed by atoms with E-state index in [2.05, 4.69) is 26.5 Å². The second kappa shape index (κ2) is 8.69. The average Bonchev–Trinajstić information content (AvgIpc) is 3.10. The molecule has 9 heteroatoms. The Morgan fingerprint density at radius 1 is 1.35 bits per heavy atom. The van der Waals surface area contributed by atoms with Crippen molar-refractivity contribution in [2.75, 3.05) is 42.3 Å². The molecule has 0 atom stereocenters. The van der Waals surface area contributed by atoms with Crippen molar-refractivity contribution in [3.63, 3.8) is 0 Å². The van der Waals surface area contributed by atoms with Crippen LogP contribution < -0.4 is 10.2 Å². The zero-order chi connectivity index (χ0) is 18.4. The minimum absolute atomic E-state index is 0.184. The molecule has 0 bridgehead atoms. The van der Waals surface area contributed by atoms with Crippen LogP contribution in [0.15, 0.2) is 29.4 Å². The minimum Gasteiger partial charge on any atom is -0.378 e. The van der Waals surface area contributed by atoms with Gasteiger partial charge in [-0.25, -0.2) is 0 Å². The lowest BCUT2D eigenvalue weighted by atomic mass is 10.2. The third-order valence-electron chi connectivity index (χ3n) is 3.96. The van der Waals surface area contributed by atoms with Gasteiger partial charge in [-0.05, 0) is 19.1 Å². The molecule has 2 aromatic rings. The molecule has 1 N–H and O–H groups in total. The Morgan fingerprint density at radius 3 is 2.85 bits per heavy atom. The lowest BCUT2D eigenvalue weighted by Gasteiger charge is -2.27. The van der Waals surface area contributed by atoms with Crippen LogP contribution in [0.5, 0.6) is 0 Å². The number of carbonyl (C=O) groups is 1. The maximum absolute atomic E-state index is 12.2. The molecule has 0 radical (unpaired) electrons. The van der Waals surface area contributed by atoms with E-state index >= 15 is 0 Å². The summed E-state index contributed by atoms with van der Waals surface area (Å²) < 4.78 is 7.38. The highest BCUT2D eigenvalue weighted by molar-refractivity contribution is 7.99. The van der Waals surface area contributed by atoms with Gasteiger partial charge in [-0.15, -0.1) is 10.2 Å². The topological polar surface area (TPSA) is 96.1 Å². The molecule has 3 rings (SSSR count). The Morgan fingerprint density at radius 2 is 2.12 bits per heavy atom. The number of nitrogens with zero attached hydrogens (tertiary/aromatic N) is 5. The van der Waals surface area contributed by atoms with E-state index in [1.54, 1.807) is 24.3 Å². The van der Waals surface area contributed by atoms with Gasteiger partial charge in [0.15, 0.2) is 5.16 Å². The number of carbonyl (C=O) groups excluding carboxylic acids is 1. The van der Waals surface area contributed by atoms with Crippen LogP contribution in [-0.4, -0.2) is 52.7 Å². The number of benzene rings is 1. The van der Waals surface area contributed by atoms with Crippen LogP contribution in [0.25, 0.3) is 0 Å². The van der Waals surface area contributed by atoms with Crippen LogP contribution in [0.1, 0.15) is 12.5 Å². The van der Waals surface area contributed by atoms with Crippen LogP contribution in [0.2, 0.25) is 0 Å². The highest BCUT2D eigenvalue weighted by Crippen LogP contribution is 2.23. The molecule has 26 heavy (non-hydrogen) atoms. The Balaban J connectivity index is 1.63. The molecule has 1 aromatic heterocycles. The molecular formula is C17H20N6O2S. The zero-order valence-corrected chi connectivity index (χ0v) is 15.3. The molecule has 2 heterocycles. The molecule has 1 saturated heterocycles. The fourth-order valence-corrected chi connectivity index (χ4v) is 3.47. The molecule has 1 aliphatic rings. The van der Waals surface area contributed by atoms with Crippen molar-refractivity contribution in [2.24, 2.45) is 0 Å². The Kier molecular flexibility index (Phi) is 6.09. The molecular weight excluding hydrogens is 352 g/mol. The number of amides is 1. The lowest BCUT2D eigenvalue weighted by molar-refractivity contribution is -0.113. The van der Waals surface area contributed by atoms with Crippen LogP contribution in [0, 0.1) is 11.3 Å². The van der Waals surface area contributed by atoms with E-state index in [0.717, 1.165) is 25.6 Å².